The monoisotopic (exact) mass is 261 g/mol. The molecule has 0 aromatic carbocycles. The fraction of sp³-hybridized carbons (Fsp3) is 0.688. The van der Waals surface area contributed by atoms with E-state index in [0.29, 0.717) is 6.04 Å². The highest BCUT2D eigenvalue weighted by molar-refractivity contribution is 5.29. The first-order valence-corrected chi connectivity index (χ1v) is 7.43. The number of nitrogens with zero attached hydrogens (tertiary/aromatic N) is 2. The molecule has 3 heteroatoms. The SMILES string of the molecule is CCNC(c1cnccc1C)C1(N(C)C)CCCC1. The summed E-state index contributed by atoms with van der Waals surface area (Å²) >= 11 is 0. The average Bonchev–Trinajstić information content (AvgIpc) is 2.87. The highest BCUT2D eigenvalue weighted by Gasteiger charge is 2.44. The highest BCUT2D eigenvalue weighted by atomic mass is 15.2. The molecule has 1 fully saturated rings. The van der Waals surface area contributed by atoms with Gasteiger partial charge in [0.25, 0.3) is 0 Å². The maximum absolute atomic E-state index is 4.35. The number of nitrogens with one attached hydrogen (secondary N) is 1. The summed E-state index contributed by atoms with van der Waals surface area (Å²) in [5.41, 5.74) is 2.94. The van der Waals surface area contributed by atoms with Crippen LogP contribution in [0.15, 0.2) is 18.5 Å². The third kappa shape index (κ3) is 2.67. The van der Waals surface area contributed by atoms with Gasteiger partial charge >= 0.3 is 0 Å². The molecule has 1 aliphatic carbocycles. The van der Waals surface area contributed by atoms with Gasteiger partial charge in [-0.2, -0.15) is 0 Å². The minimum atomic E-state index is 0.240. The second kappa shape index (κ2) is 6.02. The van der Waals surface area contributed by atoms with E-state index < -0.39 is 0 Å². The molecule has 1 atom stereocenters. The first-order valence-electron chi connectivity index (χ1n) is 7.43. The highest BCUT2D eigenvalue weighted by Crippen LogP contribution is 2.43. The van der Waals surface area contributed by atoms with Crippen LogP contribution in [0.2, 0.25) is 0 Å². The Morgan fingerprint density at radius 2 is 2.05 bits per heavy atom. The zero-order valence-corrected chi connectivity index (χ0v) is 12.7. The minimum absolute atomic E-state index is 0.240. The Hall–Kier alpha value is -0.930. The van der Waals surface area contributed by atoms with Gasteiger partial charge in [-0.1, -0.05) is 19.8 Å². The molecule has 106 valence electrons. The van der Waals surface area contributed by atoms with Gasteiger partial charge in [0.05, 0.1) is 6.04 Å². The standard InChI is InChI=1S/C16H27N3/c1-5-18-15(14-12-17-11-8-13(14)2)16(19(3)4)9-6-7-10-16/h8,11-12,15,18H,5-7,9-10H2,1-4H3. The van der Waals surface area contributed by atoms with Crippen molar-refractivity contribution in [1.82, 2.24) is 15.2 Å². The van der Waals surface area contributed by atoms with Crippen LogP contribution in [-0.4, -0.2) is 36.1 Å². The lowest BCUT2D eigenvalue weighted by Gasteiger charge is -2.44. The van der Waals surface area contributed by atoms with Crippen LogP contribution in [0.5, 0.6) is 0 Å². The van der Waals surface area contributed by atoms with Gasteiger partial charge in [0, 0.05) is 17.9 Å². The summed E-state index contributed by atoms with van der Waals surface area (Å²) < 4.78 is 0. The Bertz CT molecular complexity index is 408. The number of likely N-dealkylation sites (N-methyl/N-ethyl adjacent to an activating group) is 2. The van der Waals surface area contributed by atoms with Crippen molar-refractivity contribution in [2.75, 3.05) is 20.6 Å². The molecule has 0 bridgehead atoms. The van der Waals surface area contributed by atoms with Crippen LogP contribution < -0.4 is 5.32 Å². The number of aryl methyl sites for hydroxylation is 1. The van der Waals surface area contributed by atoms with Crippen LogP contribution in [0.25, 0.3) is 0 Å². The molecule has 1 unspecified atom stereocenters. The molecule has 0 radical (unpaired) electrons. The lowest BCUT2D eigenvalue weighted by molar-refractivity contribution is 0.105. The van der Waals surface area contributed by atoms with Crippen molar-refractivity contribution >= 4 is 0 Å². The Balaban J connectivity index is 2.41. The molecule has 2 rings (SSSR count). The van der Waals surface area contributed by atoms with Gasteiger partial charge in [-0.05, 0) is 57.6 Å². The summed E-state index contributed by atoms with van der Waals surface area (Å²) in [7, 11) is 4.45. The van der Waals surface area contributed by atoms with Crippen LogP contribution in [0.4, 0.5) is 0 Å². The van der Waals surface area contributed by atoms with Gasteiger partial charge in [0.15, 0.2) is 0 Å². The molecule has 0 saturated heterocycles. The lowest BCUT2D eigenvalue weighted by atomic mass is 9.81. The maximum Gasteiger partial charge on any atom is 0.0524 e. The summed E-state index contributed by atoms with van der Waals surface area (Å²) in [6.45, 7) is 5.38. The molecule has 19 heavy (non-hydrogen) atoms. The van der Waals surface area contributed by atoms with Crippen molar-refractivity contribution in [3.63, 3.8) is 0 Å². The van der Waals surface area contributed by atoms with E-state index >= 15 is 0 Å². The van der Waals surface area contributed by atoms with E-state index in [9.17, 15) is 0 Å². The van der Waals surface area contributed by atoms with Crippen molar-refractivity contribution in [2.45, 2.75) is 51.1 Å². The quantitative estimate of drug-likeness (QED) is 0.883. The van der Waals surface area contributed by atoms with E-state index in [1.165, 1.54) is 36.8 Å². The second-order valence-corrected chi connectivity index (χ2v) is 5.93. The van der Waals surface area contributed by atoms with Gasteiger partial charge in [-0.15, -0.1) is 0 Å². The molecule has 1 saturated carbocycles. The molecular formula is C16H27N3. The van der Waals surface area contributed by atoms with Gasteiger partial charge in [0.1, 0.15) is 0 Å². The van der Waals surface area contributed by atoms with Gasteiger partial charge < -0.3 is 10.2 Å². The number of rotatable bonds is 5. The number of hydrogen-bond acceptors (Lipinski definition) is 3. The minimum Gasteiger partial charge on any atom is -0.309 e. The Labute approximate surface area is 117 Å². The van der Waals surface area contributed by atoms with Gasteiger partial charge in [0.2, 0.25) is 0 Å². The Kier molecular flexibility index (Phi) is 4.58. The van der Waals surface area contributed by atoms with Crippen LogP contribution in [-0.2, 0) is 0 Å². The summed E-state index contributed by atoms with van der Waals surface area (Å²) in [5.74, 6) is 0. The molecule has 3 nitrogen and oxygen atoms in total. The topological polar surface area (TPSA) is 28.2 Å². The first kappa shape index (κ1) is 14.5. The normalized spacial score (nSPS) is 19.8. The molecule has 1 N–H and O–H groups in total. The molecule has 0 spiro atoms. The maximum atomic E-state index is 4.35. The molecule has 1 aromatic heterocycles. The number of pyridine rings is 1. The van der Waals surface area contributed by atoms with E-state index in [4.69, 9.17) is 0 Å². The van der Waals surface area contributed by atoms with Crippen LogP contribution in [0.1, 0.15) is 49.8 Å². The smallest absolute Gasteiger partial charge is 0.0524 e. The van der Waals surface area contributed by atoms with Crippen LogP contribution in [0.3, 0.4) is 0 Å². The third-order valence-electron chi connectivity index (χ3n) is 4.70. The van der Waals surface area contributed by atoms with Crippen molar-refractivity contribution in [2.24, 2.45) is 0 Å². The number of aromatic nitrogens is 1. The van der Waals surface area contributed by atoms with Gasteiger partial charge in [-0.3, -0.25) is 4.98 Å². The second-order valence-electron chi connectivity index (χ2n) is 5.93. The number of hydrogen-bond donors (Lipinski definition) is 1. The van der Waals surface area contributed by atoms with E-state index in [1.807, 2.05) is 12.4 Å². The first-order chi connectivity index (χ1) is 9.12. The van der Waals surface area contributed by atoms with E-state index in [1.54, 1.807) is 0 Å². The average molecular weight is 261 g/mol. The predicted octanol–water partition coefficient (Wildman–Crippen LogP) is 2.92. The third-order valence-corrected chi connectivity index (χ3v) is 4.70. The van der Waals surface area contributed by atoms with E-state index in [-0.39, 0.29) is 5.54 Å². The van der Waals surface area contributed by atoms with Crippen LogP contribution >= 0.6 is 0 Å². The fourth-order valence-electron chi connectivity index (χ4n) is 3.55. The summed E-state index contributed by atoms with van der Waals surface area (Å²) in [6.07, 6.45) is 9.14. The van der Waals surface area contributed by atoms with Crippen molar-refractivity contribution in [1.29, 1.82) is 0 Å². The Morgan fingerprint density at radius 1 is 1.37 bits per heavy atom. The van der Waals surface area contributed by atoms with Crippen LogP contribution in [0, 0.1) is 6.92 Å². The Morgan fingerprint density at radius 3 is 2.58 bits per heavy atom. The van der Waals surface area contributed by atoms with Crippen molar-refractivity contribution in [3.8, 4) is 0 Å². The molecular weight excluding hydrogens is 234 g/mol. The van der Waals surface area contributed by atoms with Gasteiger partial charge in [-0.25, -0.2) is 0 Å². The van der Waals surface area contributed by atoms with Crippen molar-refractivity contribution in [3.05, 3.63) is 29.6 Å². The summed E-state index contributed by atoms with van der Waals surface area (Å²) in [5, 5.41) is 3.72. The molecule has 1 heterocycles. The summed E-state index contributed by atoms with van der Waals surface area (Å²) in [6, 6.07) is 2.50. The molecule has 0 aliphatic heterocycles. The molecule has 1 aromatic rings. The molecule has 0 amide bonds. The zero-order valence-electron chi connectivity index (χ0n) is 12.7. The van der Waals surface area contributed by atoms with E-state index in [0.717, 1.165) is 6.54 Å². The summed E-state index contributed by atoms with van der Waals surface area (Å²) in [4.78, 5) is 6.78. The lowest BCUT2D eigenvalue weighted by Crippen LogP contribution is -2.52. The fourth-order valence-corrected chi connectivity index (χ4v) is 3.55. The largest absolute Gasteiger partial charge is 0.309 e. The molecule has 1 aliphatic rings. The predicted molar refractivity (Wildman–Crippen MR) is 80.3 cm³/mol. The zero-order chi connectivity index (χ0) is 13.9. The van der Waals surface area contributed by atoms with Crippen molar-refractivity contribution < 1.29 is 0 Å². The van der Waals surface area contributed by atoms with E-state index in [2.05, 4.69) is 49.2 Å².